The summed E-state index contributed by atoms with van der Waals surface area (Å²) in [6.07, 6.45) is 8.30. The molecule has 2 atom stereocenters. The van der Waals surface area contributed by atoms with Crippen LogP contribution in [0.15, 0.2) is 42.9 Å². The van der Waals surface area contributed by atoms with Crippen LogP contribution in [0.3, 0.4) is 0 Å². The number of nitrogens with one attached hydrogen (secondary N) is 3. The fraction of sp³-hybridized carbons (Fsp3) is 0.364. The summed E-state index contributed by atoms with van der Waals surface area (Å²) in [5.74, 6) is -0.482. The van der Waals surface area contributed by atoms with E-state index in [1.54, 1.807) is 6.20 Å². The Bertz CT molecular complexity index is 1010. The minimum Gasteiger partial charge on any atom is -0.361 e. The number of carbonyl (C=O) groups is 2. The lowest BCUT2D eigenvalue weighted by atomic mass is 10.0. The van der Waals surface area contributed by atoms with Crippen molar-refractivity contribution in [1.29, 1.82) is 0 Å². The number of para-hydroxylation sites is 1. The smallest absolute Gasteiger partial charge is 0.271 e. The zero-order valence-electron chi connectivity index (χ0n) is 16.4. The molecule has 2 heterocycles. The highest BCUT2D eigenvalue weighted by Crippen LogP contribution is 2.26. The molecule has 1 aliphatic rings. The first kappa shape index (κ1) is 19.1. The Morgan fingerprint density at radius 2 is 2.03 bits per heavy atom. The van der Waals surface area contributed by atoms with E-state index in [2.05, 4.69) is 31.7 Å². The molecule has 1 fully saturated rings. The van der Waals surface area contributed by atoms with Crippen molar-refractivity contribution in [3.63, 3.8) is 0 Å². The van der Waals surface area contributed by atoms with Crippen LogP contribution in [-0.4, -0.2) is 39.4 Å². The second-order valence-corrected chi connectivity index (χ2v) is 7.56. The van der Waals surface area contributed by atoms with Crippen molar-refractivity contribution < 1.29 is 9.59 Å². The van der Waals surface area contributed by atoms with E-state index in [1.165, 1.54) is 17.1 Å². The molecule has 1 saturated carbocycles. The van der Waals surface area contributed by atoms with E-state index in [9.17, 15) is 9.59 Å². The monoisotopic (exact) mass is 391 g/mol. The van der Waals surface area contributed by atoms with Crippen LogP contribution in [0.2, 0.25) is 0 Å². The van der Waals surface area contributed by atoms with Gasteiger partial charge >= 0.3 is 0 Å². The highest BCUT2D eigenvalue weighted by molar-refractivity contribution is 5.92. The van der Waals surface area contributed by atoms with Crippen LogP contribution in [0.4, 0.5) is 0 Å². The first-order chi connectivity index (χ1) is 14.1. The maximum atomic E-state index is 12.7. The standard InChI is InChI=1S/C22H25N5O2/c1-14-11-25-20(13-24-14)22(29)27-19-8-4-6-17(19)21(28)23-10-9-15-12-26-18-7-3-2-5-16(15)18/h2-3,5,7,11-13,17,19,26H,4,6,8-10H2,1H3,(H,23,28)(H,27,29)/t17-,19+/m0/s1. The summed E-state index contributed by atoms with van der Waals surface area (Å²) in [4.78, 5) is 36.6. The summed E-state index contributed by atoms with van der Waals surface area (Å²) in [7, 11) is 0. The molecule has 150 valence electrons. The minimum absolute atomic E-state index is 0.00244. The molecule has 0 bridgehead atoms. The first-order valence-corrected chi connectivity index (χ1v) is 10.0. The average Bonchev–Trinajstić information content (AvgIpc) is 3.36. The van der Waals surface area contributed by atoms with Crippen molar-refractivity contribution in [3.8, 4) is 0 Å². The van der Waals surface area contributed by atoms with Crippen molar-refractivity contribution in [2.75, 3.05) is 6.54 Å². The number of hydrogen-bond acceptors (Lipinski definition) is 4. The van der Waals surface area contributed by atoms with Gasteiger partial charge in [-0.1, -0.05) is 24.6 Å². The highest BCUT2D eigenvalue weighted by atomic mass is 16.2. The van der Waals surface area contributed by atoms with Crippen molar-refractivity contribution in [2.45, 2.75) is 38.6 Å². The molecule has 29 heavy (non-hydrogen) atoms. The lowest BCUT2D eigenvalue weighted by Gasteiger charge is -2.20. The lowest BCUT2D eigenvalue weighted by molar-refractivity contribution is -0.125. The molecule has 3 N–H and O–H groups in total. The second kappa shape index (κ2) is 8.43. The maximum Gasteiger partial charge on any atom is 0.271 e. The van der Waals surface area contributed by atoms with Gasteiger partial charge in [0, 0.05) is 35.9 Å². The molecule has 0 aliphatic heterocycles. The normalized spacial score (nSPS) is 18.7. The minimum atomic E-state index is -0.277. The Morgan fingerprint density at radius 1 is 1.17 bits per heavy atom. The quantitative estimate of drug-likeness (QED) is 0.601. The molecule has 0 unspecified atom stereocenters. The van der Waals surface area contributed by atoms with Gasteiger partial charge in [0.25, 0.3) is 5.91 Å². The van der Waals surface area contributed by atoms with Crippen LogP contribution in [0.1, 0.15) is 41.0 Å². The van der Waals surface area contributed by atoms with E-state index in [0.717, 1.165) is 36.9 Å². The van der Waals surface area contributed by atoms with E-state index in [1.807, 2.05) is 31.3 Å². The first-order valence-electron chi connectivity index (χ1n) is 10.0. The summed E-state index contributed by atoms with van der Waals surface area (Å²) in [5, 5.41) is 7.20. The van der Waals surface area contributed by atoms with E-state index in [4.69, 9.17) is 0 Å². The molecule has 0 spiro atoms. The van der Waals surface area contributed by atoms with Gasteiger partial charge in [-0.15, -0.1) is 0 Å². The molecule has 2 amide bonds. The topological polar surface area (TPSA) is 99.8 Å². The number of aromatic amines is 1. The fourth-order valence-corrected chi connectivity index (χ4v) is 3.99. The van der Waals surface area contributed by atoms with Crippen LogP contribution in [-0.2, 0) is 11.2 Å². The molecular formula is C22H25N5O2. The van der Waals surface area contributed by atoms with Gasteiger partial charge in [0.05, 0.1) is 17.8 Å². The highest BCUT2D eigenvalue weighted by Gasteiger charge is 2.34. The average molecular weight is 391 g/mol. The predicted octanol–water partition coefficient (Wildman–Crippen LogP) is 2.52. The zero-order chi connectivity index (χ0) is 20.2. The SMILES string of the molecule is Cc1cnc(C(=O)N[C@@H]2CCC[C@@H]2C(=O)NCCc2c[nH]c3ccccc23)cn1. The molecule has 1 aromatic carbocycles. The third-order valence-corrected chi connectivity index (χ3v) is 5.55. The molecule has 2 aromatic heterocycles. The van der Waals surface area contributed by atoms with Crippen LogP contribution in [0.5, 0.6) is 0 Å². The second-order valence-electron chi connectivity index (χ2n) is 7.56. The maximum absolute atomic E-state index is 12.7. The largest absolute Gasteiger partial charge is 0.361 e. The summed E-state index contributed by atoms with van der Waals surface area (Å²) >= 11 is 0. The number of fused-ring (bicyclic) bond motifs is 1. The molecule has 0 radical (unpaired) electrons. The number of hydrogen-bond donors (Lipinski definition) is 3. The number of rotatable bonds is 6. The van der Waals surface area contributed by atoms with Gasteiger partial charge in [0.15, 0.2) is 0 Å². The van der Waals surface area contributed by atoms with Gasteiger partial charge in [-0.2, -0.15) is 0 Å². The Morgan fingerprint density at radius 3 is 2.86 bits per heavy atom. The third kappa shape index (κ3) is 4.29. The van der Waals surface area contributed by atoms with Gasteiger partial charge < -0.3 is 15.6 Å². The molecule has 0 saturated heterocycles. The van der Waals surface area contributed by atoms with E-state index in [-0.39, 0.29) is 29.5 Å². The summed E-state index contributed by atoms with van der Waals surface area (Å²) in [5.41, 5.74) is 3.33. The van der Waals surface area contributed by atoms with Crippen LogP contribution in [0.25, 0.3) is 10.9 Å². The number of H-pyrrole nitrogens is 1. The molecule has 7 heteroatoms. The van der Waals surface area contributed by atoms with Crippen molar-refractivity contribution in [2.24, 2.45) is 5.92 Å². The van der Waals surface area contributed by atoms with Crippen LogP contribution >= 0.6 is 0 Å². The Labute approximate surface area is 169 Å². The van der Waals surface area contributed by atoms with E-state index < -0.39 is 0 Å². The van der Waals surface area contributed by atoms with E-state index >= 15 is 0 Å². The third-order valence-electron chi connectivity index (χ3n) is 5.55. The Kier molecular flexibility index (Phi) is 5.55. The van der Waals surface area contributed by atoms with Gasteiger partial charge in [-0.25, -0.2) is 4.98 Å². The van der Waals surface area contributed by atoms with Gasteiger partial charge in [-0.05, 0) is 37.8 Å². The number of aryl methyl sites for hydroxylation is 1. The Hall–Kier alpha value is -3.22. The van der Waals surface area contributed by atoms with Crippen LogP contribution < -0.4 is 10.6 Å². The molecular weight excluding hydrogens is 366 g/mol. The summed E-state index contributed by atoms with van der Waals surface area (Å²) in [6, 6.07) is 7.98. The number of carbonyl (C=O) groups excluding carboxylic acids is 2. The number of amides is 2. The van der Waals surface area contributed by atoms with Gasteiger partial charge in [0.2, 0.25) is 5.91 Å². The zero-order valence-corrected chi connectivity index (χ0v) is 16.4. The molecule has 3 aromatic rings. The number of aromatic nitrogens is 3. The lowest BCUT2D eigenvalue weighted by Crippen LogP contribution is -2.44. The summed E-state index contributed by atoms with van der Waals surface area (Å²) in [6.45, 7) is 2.39. The molecule has 4 rings (SSSR count). The molecule has 7 nitrogen and oxygen atoms in total. The van der Waals surface area contributed by atoms with Gasteiger partial charge in [0.1, 0.15) is 5.69 Å². The van der Waals surface area contributed by atoms with Crippen molar-refractivity contribution >= 4 is 22.7 Å². The van der Waals surface area contributed by atoms with Crippen molar-refractivity contribution in [3.05, 3.63) is 59.8 Å². The van der Waals surface area contributed by atoms with Crippen LogP contribution in [0, 0.1) is 12.8 Å². The Balaban J connectivity index is 1.31. The molecule has 1 aliphatic carbocycles. The number of nitrogens with zero attached hydrogens (tertiary/aromatic N) is 2. The van der Waals surface area contributed by atoms with Gasteiger partial charge in [-0.3, -0.25) is 14.6 Å². The predicted molar refractivity (Wildman–Crippen MR) is 110 cm³/mol. The fourth-order valence-electron chi connectivity index (χ4n) is 3.99. The summed E-state index contributed by atoms with van der Waals surface area (Å²) < 4.78 is 0. The van der Waals surface area contributed by atoms with E-state index in [0.29, 0.717) is 6.54 Å². The van der Waals surface area contributed by atoms with Crippen molar-refractivity contribution in [1.82, 2.24) is 25.6 Å². The number of benzene rings is 1.